The fourth-order valence-corrected chi connectivity index (χ4v) is 1.51. The Kier molecular flexibility index (Phi) is 3.59. The molecule has 2 aromatic rings. The fourth-order valence-electron chi connectivity index (χ4n) is 1.19. The summed E-state index contributed by atoms with van der Waals surface area (Å²) in [4.78, 5) is 7.99. The van der Waals surface area contributed by atoms with E-state index in [1.807, 2.05) is 12.1 Å². The second kappa shape index (κ2) is 5.14. The van der Waals surface area contributed by atoms with Gasteiger partial charge in [-0.05, 0) is 17.7 Å². The third-order valence-corrected chi connectivity index (χ3v) is 2.70. The average molecular weight is 253 g/mol. The Balaban J connectivity index is 2.03. The van der Waals surface area contributed by atoms with Crippen LogP contribution in [0.25, 0.3) is 0 Å². The van der Waals surface area contributed by atoms with Gasteiger partial charge in [0.2, 0.25) is 5.95 Å². The Hall–Kier alpha value is -1.32. The maximum atomic E-state index is 5.90. The highest BCUT2D eigenvalue weighted by atomic mass is 35.5. The van der Waals surface area contributed by atoms with Crippen molar-refractivity contribution in [2.75, 3.05) is 5.32 Å². The smallest absolute Gasteiger partial charge is 0.222 e. The van der Waals surface area contributed by atoms with Crippen LogP contribution in [0.5, 0.6) is 0 Å². The van der Waals surface area contributed by atoms with Gasteiger partial charge in [-0.3, -0.25) is 0 Å². The van der Waals surface area contributed by atoms with E-state index < -0.39 is 0 Å². The molecule has 0 saturated heterocycles. The van der Waals surface area contributed by atoms with Gasteiger partial charge in [-0.25, -0.2) is 9.97 Å². The molecule has 16 heavy (non-hydrogen) atoms. The van der Waals surface area contributed by atoms with Crippen molar-refractivity contribution >= 4 is 29.2 Å². The molecule has 1 aromatic carbocycles. The van der Waals surface area contributed by atoms with Crippen molar-refractivity contribution in [3.05, 3.63) is 52.3 Å². The molecule has 1 radical (unpaired) electrons. The van der Waals surface area contributed by atoms with Gasteiger partial charge in [0.05, 0.1) is 10.0 Å². The zero-order chi connectivity index (χ0) is 11.4. The van der Waals surface area contributed by atoms with E-state index in [1.54, 1.807) is 18.5 Å². The Labute approximate surface area is 103 Å². The summed E-state index contributed by atoms with van der Waals surface area (Å²) in [5.41, 5.74) is 1.02. The van der Waals surface area contributed by atoms with Crippen LogP contribution in [0.2, 0.25) is 10.0 Å². The van der Waals surface area contributed by atoms with E-state index in [2.05, 4.69) is 21.4 Å². The predicted molar refractivity (Wildman–Crippen MR) is 64.7 cm³/mol. The molecule has 0 bridgehead atoms. The minimum atomic E-state index is 0.545. The molecule has 5 heteroatoms. The number of hydrogen-bond acceptors (Lipinski definition) is 3. The lowest BCUT2D eigenvalue weighted by atomic mass is 10.2. The van der Waals surface area contributed by atoms with Crippen molar-refractivity contribution in [2.45, 2.75) is 6.54 Å². The van der Waals surface area contributed by atoms with Crippen LogP contribution in [-0.4, -0.2) is 9.97 Å². The molecule has 0 atom stereocenters. The van der Waals surface area contributed by atoms with Gasteiger partial charge < -0.3 is 5.32 Å². The summed E-state index contributed by atoms with van der Waals surface area (Å²) >= 11 is 11.7. The third kappa shape index (κ3) is 2.84. The van der Waals surface area contributed by atoms with Gasteiger partial charge in [-0.15, -0.1) is 0 Å². The standard InChI is InChI=1S/C11H8Cl2N3/c12-9-3-2-8(6-10(9)13)7-16-11-14-4-1-5-15-11/h2-6H,7H2,(H,14,15,16). The lowest BCUT2D eigenvalue weighted by molar-refractivity contribution is 1.05. The highest BCUT2D eigenvalue weighted by Crippen LogP contribution is 2.22. The van der Waals surface area contributed by atoms with E-state index in [0.29, 0.717) is 22.5 Å². The largest absolute Gasteiger partial charge is 0.350 e. The van der Waals surface area contributed by atoms with E-state index in [9.17, 15) is 0 Å². The maximum Gasteiger partial charge on any atom is 0.222 e. The van der Waals surface area contributed by atoms with E-state index >= 15 is 0 Å². The minimum Gasteiger partial charge on any atom is -0.350 e. The Morgan fingerprint density at radius 2 is 1.88 bits per heavy atom. The molecule has 0 aliphatic heterocycles. The van der Waals surface area contributed by atoms with Crippen molar-refractivity contribution in [3.8, 4) is 0 Å². The maximum absolute atomic E-state index is 5.90. The lowest BCUT2D eigenvalue weighted by Crippen LogP contribution is -2.02. The topological polar surface area (TPSA) is 37.8 Å². The molecule has 3 nitrogen and oxygen atoms in total. The molecule has 1 aromatic heterocycles. The van der Waals surface area contributed by atoms with Crippen LogP contribution in [0.4, 0.5) is 5.95 Å². The highest BCUT2D eigenvalue weighted by Gasteiger charge is 2.00. The number of rotatable bonds is 3. The quantitative estimate of drug-likeness (QED) is 0.912. The van der Waals surface area contributed by atoms with Gasteiger partial charge in [0, 0.05) is 25.0 Å². The van der Waals surface area contributed by atoms with E-state index in [0.717, 1.165) is 5.56 Å². The second-order valence-electron chi connectivity index (χ2n) is 3.11. The molecule has 0 amide bonds. The molecule has 0 aliphatic carbocycles. The van der Waals surface area contributed by atoms with E-state index in [-0.39, 0.29) is 0 Å². The number of anilines is 1. The molecule has 0 spiro atoms. The van der Waals surface area contributed by atoms with Crippen molar-refractivity contribution in [1.29, 1.82) is 0 Å². The Morgan fingerprint density at radius 1 is 1.12 bits per heavy atom. The minimum absolute atomic E-state index is 0.545. The molecule has 1 heterocycles. The number of nitrogens with zero attached hydrogens (tertiary/aromatic N) is 2. The molecular weight excluding hydrogens is 245 g/mol. The van der Waals surface area contributed by atoms with Gasteiger partial charge in [-0.1, -0.05) is 29.3 Å². The van der Waals surface area contributed by atoms with Crippen molar-refractivity contribution in [1.82, 2.24) is 9.97 Å². The summed E-state index contributed by atoms with van der Waals surface area (Å²) in [6, 6.07) is 8.22. The third-order valence-electron chi connectivity index (χ3n) is 1.96. The van der Waals surface area contributed by atoms with Gasteiger partial charge in [-0.2, -0.15) is 0 Å². The van der Waals surface area contributed by atoms with Crippen molar-refractivity contribution in [3.63, 3.8) is 0 Å². The van der Waals surface area contributed by atoms with Gasteiger partial charge in [0.25, 0.3) is 0 Å². The fraction of sp³-hybridized carbons (Fsp3) is 0.0909. The molecular formula is C11H8Cl2N3. The van der Waals surface area contributed by atoms with E-state index in [4.69, 9.17) is 23.2 Å². The molecule has 1 N–H and O–H groups in total. The van der Waals surface area contributed by atoms with Crippen LogP contribution in [0.15, 0.2) is 30.6 Å². The van der Waals surface area contributed by atoms with Crippen molar-refractivity contribution < 1.29 is 0 Å². The molecule has 81 valence electrons. The molecule has 0 fully saturated rings. The van der Waals surface area contributed by atoms with Crippen LogP contribution in [0, 0.1) is 6.07 Å². The van der Waals surface area contributed by atoms with Crippen LogP contribution in [-0.2, 0) is 6.54 Å². The van der Waals surface area contributed by atoms with Crippen molar-refractivity contribution in [2.24, 2.45) is 0 Å². The zero-order valence-electron chi connectivity index (χ0n) is 8.24. The van der Waals surface area contributed by atoms with Gasteiger partial charge in [0.15, 0.2) is 0 Å². The first-order chi connectivity index (χ1) is 7.75. The second-order valence-corrected chi connectivity index (χ2v) is 3.92. The number of hydrogen-bond donors (Lipinski definition) is 1. The SMILES string of the molecule is Clc1ccc(CNc2nc[c]cn2)cc1Cl. The first kappa shape index (κ1) is 11.2. The first-order valence-corrected chi connectivity index (χ1v) is 5.37. The predicted octanol–water partition coefficient (Wildman–Crippen LogP) is 3.20. The van der Waals surface area contributed by atoms with Gasteiger partial charge in [0.1, 0.15) is 0 Å². The van der Waals surface area contributed by atoms with Crippen LogP contribution < -0.4 is 5.32 Å². The molecule has 0 aliphatic rings. The summed E-state index contributed by atoms with van der Waals surface area (Å²) in [5.74, 6) is 0.560. The summed E-state index contributed by atoms with van der Waals surface area (Å²) in [7, 11) is 0. The number of halogens is 2. The van der Waals surface area contributed by atoms with Crippen LogP contribution >= 0.6 is 23.2 Å². The summed E-state index contributed by atoms with van der Waals surface area (Å²) in [6.07, 6.45) is 3.12. The molecule has 0 unspecified atom stereocenters. The highest BCUT2D eigenvalue weighted by molar-refractivity contribution is 6.42. The van der Waals surface area contributed by atoms with E-state index in [1.165, 1.54) is 0 Å². The summed E-state index contributed by atoms with van der Waals surface area (Å²) in [5, 5.41) is 4.16. The lowest BCUT2D eigenvalue weighted by Gasteiger charge is -2.05. The normalized spacial score (nSPS) is 10.1. The average Bonchev–Trinajstić information content (AvgIpc) is 2.32. The van der Waals surface area contributed by atoms with Gasteiger partial charge >= 0.3 is 0 Å². The zero-order valence-corrected chi connectivity index (χ0v) is 9.76. The monoisotopic (exact) mass is 252 g/mol. The Morgan fingerprint density at radius 3 is 2.56 bits per heavy atom. The molecule has 0 saturated carbocycles. The first-order valence-electron chi connectivity index (χ1n) is 4.61. The summed E-state index contributed by atoms with van der Waals surface area (Å²) in [6.45, 7) is 0.598. The number of benzene rings is 1. The molecule has 2 rings (SSSR count). The van der Waals surface area contributed by atoms with Crippen LogP contribution in [0.1, 0.15) is 5.56 Å². The Bertz CT molecular complexity index is 474. The number of nitrogens with one attached hydrogen (secondary N) is 1. The summed E-state index contributed by atoms with van der Waals surface area (Å²) < 4.78 is 0. The van der Waals surface area contributed by atoms with Crippen LogP contribution in [0.3, 0.4) is 0 Å². The number of aromatic nitrogens is 2.